The van der Waals surface area contributed by atoms with Crippen molar-refractivity contribution >= 4 is 40.9 Å². The molecule has 2 atom stereocenters. The Morgan fingerprint density at radius 2 is 2.13 bits per heavy atom. The number of hydrogen-bond donors (Lipinski definition) is 1. The topological polar surface area (TPSA) is 46.9 Å². The molecule has 2 aromatic rings. The minimum atomic E-state index is -0.253. The minimum absolute atomic E-state index is 0.0563. The number of benzene rings is 1. The van der Waals surface area contributed by atoms with Crippen molar-refractivity contribution in [3.63, 3.8) is 0 Å². The molecule has 0 saturated heterocycles. The van der Waals surface area contributed by atoms with Gasteiger partial charge in [-0.3, -0.25) is 4.79 Å². The number of nitrogens with zero attached hydrogens (tertiary/aromatic N) is 2. The van der Waals surface area contributed by atoms with Crippen molar-refractivity contribution in [2.75, 3.05) is 0 Å². The maximum absolute atomic E-state index is 12.4. The molecule has 0 fully saturated rings. The number of amides is 1. The predicted octanol–water partition coefficient (Wildman–Crippen LogP) is 4.57. The Balaban J connectivity index is 2.00. The highest BCUT2D eigenvalue weighted by molar-refractivity contribution is 8.00. The standard InChI is InChI=1S/C16H19Cl2N3OS/c1-4-21-8-7-19-16(21)23-11(3)15(22)20-10(2)13-6-5-12(17)9-14(13)18/h5-11H,4H2,1-3H3,(H,20,22). The lowest BCUT2D eigenvalue weighted by atomic mass is 10.1. The van der Waals surface area contributed by atoms with Gasteiger partial charge in [0.25, 0.3) is 0 Å². The van der Waals surface area contributed by atoms with Crippen molar-refractivity contribution < 1.29 is 4.79 Å². The van der Waals surface area contributed by atoms with Crippen LogP contribution >= 0.6 is 35.0 Å². The molecule has 0 aliphatic carbocycles. The van der Waals surface area contributed by atoms with E-state index in [-0.39, 0.29) is 17.2 Å². The summed E-state index contributed by atoms with van der Waals surface area (Å²) in [7, 11) is 0. The van der Waals surface area contributed by atoms with Gasteiger partial charge in [-0.15, -0.1) is 0 Å². The number of rotatable bonds is 6. The molecule has 2 rings (SSSR count). The van der Waals surface area contributed by atoms with Crippen LogP contribution in [0.4, 0.5) is 0 Å². The van der Waals surface area contributed by atoms with Gasteiger partial charge in [-0.2, -0.15) is 0 Å². The van der Waals surface area contributed by atoms with Gasteiger partial charge in [0.05, 0.1) is 11.3 Å². The van der Waals surface area contributed by atoms with Crippen LogP contribution in [-0.4, -0.2) is 20.7 Å². The first-order valence-corrected chi connectivity index (χ1v) is 8.99. The van der Waals surface area contributed by atoms with Crippen LogP contribution in [-0.2, 0) is 11.3 Å². The van der Waals surface area contributed by atoms with E-state index in [4.69, 9.17) is 23.2 Å². The lowest BCUT2D eigenvalue weighted by Gasteiger charge is -2.19. The molecule has 1 aromatic heterocycles. The number of imidazole rings is 1. The molecular formula is C16H19Cl2N3OS. The molecule has 23 heavy (non-hydrogen) atoms. The van der Waals surface area contributed by atoms with Crippen molar-refractivity contribution in [3.8, 4) is 0 Å². The van der Waals surface area contributed by atoms with Crippen LogP contribution in [0.15, 0.2) is 35.7 Å². The van der Waals surface area contributed by atoms with Crippen LogP contribution in [0, 0.1) is 0 Å². The Morgan fingerprint density at radius 1 is 1.39 bits per heavy atom. The molecule has 1 N–H and O–H groups in total. The first kappa shape index (κ1) is 18.2. The summed E-state index contributed by atoms with van der Waals surface area (Å²) < 4.78 is 2.01. The average Bonchev–Trinajstić information content (AvgIpc) is 2.94. The smallest absolute Gasteiger partial charge is 0.233 e. The van der Waals surface area contributed by atoms with E-state index in [2.05, 4.69) is 10.3 Å². The fraction of sp³-hybridized carbons (Fsp3) is 0.375. The molecule has 0 spiro atoms. The molecule has 0 bridgehead atoms. The summed E-state index contributed by atoms with van der Waals surface area (Å²) in [6, 6.07) is 5.08. The van der Waals surface area contributed by atoms with Crippen molar-refractivity contribution in [2.24, 2.45) is 0 Å². The first-order chi connectivity index (χ1) is 10.9. The maximum Gasteiger partial charge on any atom is 0.233 e. The molecule has 1 heterocycles. The SMILES string of the molecule is CCn1ccnc1SC(C)C(=O)NC(C)c1ccc(Cl)cc1Cl. The van der Waals surface area contributed by atoms with Gasteiger partial charge >= 0.3 is 0 Å². The van der Waals surface area contributed by atoms with E-state index in [0.717, 1.165) is 17.3 Å². The van der Waals surface area contributed by atoms with Crippen LogP contribution in [0.1, 0.15) is 32.4 Å². The van der Waals surface area contributed by atoms with Gasteiger partial charge in [0, 0.05) is 29.0 Å². The minimum Gasteiger partial charge on any atom is -0.349 e. The maximum atomic E-state index is 12.4. The van der Waals surface area contributed by atoms with E-state index in [1.54, 1.807) is 18.3 Å². The average molecular weight is 372 g/mol. The molecule has 2 unspecified atom stereocenters. The van der Waals surface area contributed by atoms with E-state index < -0.39 is 0 Å². The van der Waals surface area contributed by atoms with E-state index in [0.29, 0.717) is 10.0 Å². The van der Waals surface area contributed by atoms with Crippen molar-refractivity contribution in [3.05, 3.63) is 46.2 Å². The van der Waals surface area contributed by atoms with Crippen LogP contribution in [0.2, 0.25) is 10.0 Å². The lowest BCUT2D eigenvalue weighted by molar-refractivity contribution is -0.120. The largest absolute Gasteiger partial charge is 0.349 e. The summed E-state index contributed by atoms with van der Waals surface area (Å²) in [6.07, 6.45) is 3.65. The molecule has 1 aromatic carbocycles. The predicted molar refractivity (Wildman–Crippen MR) is 96.2 cm³/mol. The van der Waals surface area contributed by atoms with Crippen molar-refractivity contribution in [2.45, 2.75) is 43.8 Å². The zero-order chi connectivity index (χ0) is 17.0. The summed E-state index contributed by atoms with van der Waals surface area (Å²) in [5.41, 5.74) is 0.844. The van der Waals surface area contributed by atoms with Gasteiger partial charge < -0.3 is 9.88 Å². The fourth-order valence-corrected chi connectivity index (χ4v) is 3.64. The zero-order valence-corrected chi connectivity index (χ0v) is 15.5. The highest BCUT2D eigenvalue weighted by Crippen LogP contribution is 2.27. The Kier molecular flexibility index (Phi) is 6.39. The van der Waals surface area contributed by atoms with E-state index >= 15 is 0 Å². The molecular weight excluding hydrogens is 353 g/mol. The van der Waals surface area contributed by atoms with Crippen LogP contribution in [0.5, 0.6) is 0 Å². The number of nitrogens with one attached hydrogen (secondary N) is 1. The number of aryl methyl sites for hydroxylation is 1. The molecule has 124 valence electrons. The lowest BCUT2D eigenvalue weighted by Crippen LogP contribution is -2.33. The third kappa shape index (κ3) is 4.66. The monoisotopic (exact) mass is 371 g/mol. The second kappa shape index (κ2) is 8.08. The Bertz CT molecular complexity index is 690. The second-order valence-electron chi connectivity index (χ2n) is 5.15. The summed E-state index contributed by atoms with van der Waals surface area (Å²) in [4.78, 5) is 16.7. The second-order valence-corrected chi connectivity index (χ2v) is 7.30. The highest BCUT2D eigenvalue weighted by Gasteiger charge is 2.20. The molecule has 0 aliphatic heterocycles. The Labute approximate surface area is 150 Å². The molecule has 0 saturated carbocycles. The normalized spacial score (nSPS) is 13.6. The van der Waals surface area contributed by atoms with Gasteiger partial charge in [-0.25, -0.2) is 4.98 Å². The summed E-state index contributed by atoms with van der Waals surface area (Å²) in [5.74, 6) is -0.0563. The van der Waals surface area contributed by atoms with Gasteiger partial charge in [-0.1, -0.05) is 41.0 Å². The summed E-state index contributed by atoms with van der Waals surface area (Å²) in [6.45, 7) is 6.64. The van der Waals surface area contributed by atoms with E-state index in [1.165, 1.54) is 11.8 Å². The summed E-state index contributed by atoms with van der Waals surface area (Å²) >= 11 is 13.5. The van der Waals surface area contributed by atoms with Gasteiger partial charge in [0.2, 0.25) is 5.91 Å². The van der Waals surface area contributed by atoms with Crippen LogP contribution in [0.25, 0.3) is 0 Å². The molecule has 0 aliphatic rings. The van der Waals surface area contributed by atoms with Gasteiger partial charge in [0.1, 0.15) is 0 Å². The Hall–Kier alpha value is -1.17. The van der Waals surface area contributed by atoms with Crippen molar-refractivity contribution in [1.82, 2.24) is 14.9 Å². The zero-order valence-electron chi connectivity index (χ0n) is 13.2. The Morgan fingerprint density at radius 3 is 2.78 bits per heavy atom. The van der Waals surface area contributed by atoms with E-state index in [9.17, 15) is 4.79 Å². The quantitative estimate of drug-likeness (QED) is 0.756. The number of thioether (sulfide) groups is 1. The van der Waals surface area contributed by atoms with E-state index in [1.807, 2.05) is 37.6 Å². The number of hydrogen-bond acceptors (Lipinski definition) is 3. The van der Waals surface area contributed by atoms with Crippen molar-refractivity contribution in [1.29, 1.82) is 0 Å². The van der Waals surface area contributed by atoms with Crippen LogP contribution in [0.3, 0.4) is 0 Å². The first-order valence-electron chi connectivity index (χ1n) is 7.35. The third-order valence-electron chi connectivity index (χ3n) is 3.46. The molecule has 1 amide bonds. The number of halogens is 2. The fourth-order valence-electron chi connectivity index (χ4n) is 2.13. The molecule has 0 radical (unpaired) electrons. The van der Waals surface area contributed by atoms with Gasteiger partial charge in [0.15, 0.2) is 5.16 Å². The summed E-state index contributed by atoms with van der Waals surface area (Å²) in [5, 5.41) is 4.69. The number of carbonyl (C=O) groups excluding carboxylic acids is 1. The number of carbonyl (C=O) groups is 1. The van der Waals surface area contributed by atoms with Gasteiger partial charge in [-0.05, 0) is 38.5 Å². The van der Waals surface area contributed by atoms with Crippen LogP contribution < -0.4 is 5.32 Å². The third-order valence-corrected chi connectivity index (χ3v) is 5.14. The molecule has 4 nitrogen and oxygen atoms in total. The number of aromatic nitrogens is 2. The highest BCUT2D eigenvalue weighted by atomic mass is 35.5. The molecule has 7 heteroatoms.